The number of anilines is 5. The molecular weight excluding hydrogens is 496 g/mol. The molecule has 0 amide bonds. The van der Waals surface area contributed by atoms with Crippen LogP contribution in [0.2, 0.25) is 0 Å². The van der Waals surface area contributed by atoms with E-state index in [0.717, 1.165) is 45.8 Å². The number of benzene rings is 5. The van der Waals surface area contributed by atoms with E-state index in [1.807, 2.05) is 42.5 Å². The Kier molecular flexibility index (Phi) is 5.00. The van der Waals surface area contributed by atoms with Gasteiger partial charge in [-0.2, -0.15) is 0 Å². The van der Waals surface area contributed by atoms with Crippen LogP contribution in [0.3, 0.4) is 0 Å². The Labute approximate surface area is 230 Å². The van der Waals surface area contributed by atoms with Crippen LogP contribution in [0, 0.1) is 0 Å². The summed E-state index contributed by atoms with van der Waals surface area (Å²) in [5, 5.41) is 0. The number of para-hydroxylation sites is 4. The monoisotopic (exact) mass is 520 g/mol. The van der Waals surface area contributed by atoms with Crippen molar-refractivity contribution in [1.82, 2.24) is 9.97 Å². The number of rotatable bonds is 4. The predicted octanol–water partition coefficient (Wildman–Crippen LogP) is 9.24. The van der Waals surface area contributed by atoms with E-state index < -0.39 is 0 Å². The van der Waals surface area contributed by atoms with Gasteiger partial charge in [0.1, 0.15) is 11.0 Å². The third-order valence-electron chi connectivity index (χ3n) is 7.43. The van der Waals surface area contributed by atoms with Gasteiger partial charge in [-0.25, -0.2) is 9.97 Å². The summed E-state index contributed by atoms with van der Waals surface area (Å²) < 4.78 is 12.2. The fourth-order valence-electron chi connectivity index (χ4n) is 5.57. The Morgan fingerprint density at radius 2 is 1.02 bits per heavy atom. The summed E-state index contributed by atoms with van der Waals surface area (Å²) in [7, 11) is 0. The van der Waals surface area contributed by atoms with Crippen molar-refractivity contribution < 1.29 is 8.83 Å². The summed E-state index contributed by atoms with van der Waals surface area (Å²) in [5.41, 5.74) is 10.5. The lowest BCUT2D eigenvalue weighted by Gasteiger charge is -2.39. The second-order valence-corrected chi connectivity index (χ2v) is 9.80. The first-order valence-corrected chi connectivity index (χ1v) is 13.4. The van der Waals surface area contributed by atoms with Gasteiger partial charge in [0.05, 0.1) is 22.7 Å². The first-order valence-electron chi connectivity index (χ1n) is 13.4. The third-order valence-corrected chi connectivity index (χ3v) is 7.43. The van der Waals surface area contributed by atoms with Gasteiger partial charge < -0.3 is 18.6 Å². The molecule has 6 heteroatoms. The van der Waals surface area contributed by atoms with E-state index in [1.165, 1.54) is 11.4 Å². The summed E-state index contributed by atoms with van der Waals surface area (Å²) >= 11 is 0. The van der Waals surface area contributed by atoms with E-state index in [2.05, 4.69) is 94.5 Å². The minimum absolute atomic E-state index is 0.564. The molecule has 0 bridgehead atoms. The van der Waals surface area contributed by atoms with E-state index in [4.69, 9.17) is 13.8 Å². The Morgan fingerprint density at radius 3 is 1.55 bits per heavy atom. The zero-order valence-corrected chi connectivity index (χ0v) is 21.8. The maximum atomic E-state index is 6.19. The minimum atomic E-state index is 0.564. The molecule has 0 saturated heterocycles. The second-order valence-electron chi connectivity index (χ2n) is 9.80. The van der Waals surface area contributed by atoms with Crippen LogP contribution in [0.5, 0.6) is 0 Å². The fraction of sp³-hybridized carbons (Fsp3) is 0.0588. The van der Waals surface area contributed by atoms with E-state index >= 15 is 0 Å². The topological polar surface area (TPSA) is 58.5 Å². The second kappa shape index (κ2) is 8.85. The fourth-order valence-corrected chi connectivity index (χ4v) is 5.57. The highest BCUT2D eigenvalue weighted by atomic mass is 16.4. The molecule has 0 saturated carbocycles. The van der Waals surface area contributed by atoms with Gasteiger partial charge in [0.2, 0.25) is 11.8 Å². The maximum Gasteiger partial charge on any atom is 0.227 e. The molecule has 8 rings (SSSR count). The minimum Gasteiger partial charge on any atom is -0.436 e. The number of aromatic nitrogens is 2. The van der Waals surface area contributed by atoms with Gasteiger partial charge in [-0.1, -0.05) is 42.5 Å². The van der Waals surface area contributed by atoms with Crippen molar-refractivity contribution in [1.29, 1.82) is 0 Å². The van der Waals surface area contributed by atoms with E-state index in [0.29, 0.717) is 22.9 Å². The van der Waals surface area contributed by atoms with Crippen LogP contribution in [0.4, 0.5) is 28.4 Å². The molecule has 0 N–H and O–H groups in total. The van der Waals surface area contributed by atoms with Crippen LogP contribution < -0.4 is 9.80 Å². The standard InChI is InChI=1S/C34H24N4O2/c1-2-37-27-12-6-8-14-29(27)38(30-15-9-7-13-28(30)37)24-18-16-23(17-19-24)34-36-26-21-31-25(20-32(26)40-34)35-33(39-31)22-10-4-3-5-11-22/h3-21H,2H2,1H3. The average Bonchev–Trinajstić information content (AvgIpc) is 3.62. The SMILES string of the molecule is CCN1c2ccccc2N(c2ccc(-c3nc4cc5oc(-c6ccccc6)nc5cc4o3)cc2)c2ccccc21. The summed E-state index contributed by atoms with van der Waals surface area (Å²) in [4.78, 5) is 14.1. The van der Waals surface area contributed by atoms with Gasteiger partial charge in [0.15, 0.2) is 11.2 Å². The first kappa shape index (κ1) is 22.6. The molecule has 192 valence electrons. The molecular formula is C34H24N4O2. The van der Waals surface area contributed by atoms with Crippen molar-refractivity contribution >= 4 is 50.6 Å². The summed E-state index contributed by atoms with van der Waals surface area (Å²) in [6, 6.07) is 39.1. The van der Waals surface area contributed by atoms with Crippen molar-refractivity contribution in [2.75, 3.05) is 16.3 Å². The molecule has 3 heterocycles. The zero-order chi connectivity index (χ0) is 26.6. The first-order chi connectivity index (χ1) is 19.8. The number of oxazole rings is 2. The van der Waals surface area contributed by atoms with Crippen LogP contribution in [0.25, 0.3) is 45.1 Å². The Balaban J connectivity index is 1.16. The predicted molar refractivity (Wildman–Crippen MR) is 160 cm³/mol. The maximum absolute atomic E-state index is 6.19. The summed E-state index contributed by atoms with van der Waals surface area (Å²) in [6.45, 7) is 3.08. The van der Waals surface area contributed by atoms with Crippen LogP contribution in [0.15, 0.2) is 124 Å². The Morgan fingerprint density at radius 1 is 0.550 bits per heavy atom. The molecule has 0 radical (unpaired) electrons. The Bertz CT molecular complexity index is 1910. The lowest BCUT2D eigenvalue weighted by molar-refractivity contribution is 0.618. The molecule has 0 spiro atoms. The van der Waals surface area contributed by atoms with Crippen molar-refractivity contribution in [3.8, 4) is 22.9 Å². The smallest absolute Gasteiger partial charge is 0.227 e. The van der Waals surface area contributed by atoms with Crippen molar-refractivity contribution in [3.05, 3.63) is 115 Å². The van der Waals surface area contributed by atoms with Crippen LogP contribution in [0.1, 0.15) is 6.92 Å². The molecule has 6 nitrogen and oxygen atoms in total. The highest BCUT2D eigenvalue weighted by molar-refractivity contribution is 5.98. The highest BCUT2D eigenvalue weighted by Gasteiger charge is 2.28. The van der Waals surface area contributed by atoms with E-state index in [9.17, 15) is 0 Å². The van der Waals surface area contributed by atoms with Crippen LogP contribution in [-0.4, -0.2) is 16.5 Å². The third kappa shape index (κ3) is 3.50. The van der Waals surface area contributed by atoms with Gasteiger partial charge in [0.25, 0.3) is 0 Å². The number of hydrogen-bond donors (Lipinski definition) is 0. The van der Waals surface area contributed by atoms with Gasteiger partial charge in [-0.3, -0.25) is 0 Å². The quantitative estimate of drug-likeness (QED) is 0.230. The zero-order valence-electron chi connectivity index (χ0n) is 21.8. The van der Waals surface area contributed by atoms with Gasteiger partial charge >= 0.3 is 0 Å². The van der Waals surface area contributed by atoms with E-state index in [-0.39, 0.29) is 0 Å². The van der Waals surface area contributed by atoms with Crippen molar-refractivity contribution in [2.24, 2.45) is 0 Å². The lowest BCUT2D eigenvalue weighted by Crippen LogP contribution is -2.26. The number of nitrogens with zero attached hydrogens (tertiary/aromatic N) is 4. The van der Waals surface area contributed by atoms with Gasteiger partial charge in [-0.15, -0.1) is 0 Å². The van der Waals surface area contributed by atoms with E-state index in [1.54, 1.807) is 0 Å². The van der Waals surface area contributed by atoms with Gasteiger partial charge in [-0.05, 0) is 67.6 Å². The molecule has 0 fully saturated rings. The lowest BCUT2D eigenvalue weighted by atomic mass is 10.1. The molecule has 0 unspecified atom stereocenters. The molecule has 7 aromatic rings. The van der Waals surface area contributed by atoms with Crippen LogP contribution >= 0.6 is 0 Å². The molecule has 1 aliphatic heterocycles. The average molecular weight is 521 g/mol. The number of hydrogen-bond acceptors (Lipinski definition) is 6. The largest absolute Gasteiger partial charge is 0.436 e. The normalized spacial score (nSPS) is 12.6. The van der Waals surface area contributed by atoms with Crippen molar-refractivity contribution in [3.63, 3.8) is 0 Å². The van der Waals surface area contributed by atoms with Crippen LogP contribution in [-0.2, 0) is 0 Å². The molecule has 40 heavy (non-hydrogen) atoms. The molecule has 0 atom stereocenters. The molecule has 2 aromatic heterocycles. The van der Waals surface area contributed by atoms with Crippen molar-refractivity contribution in [2.45, 2.75) is 6.92 Å². The molecule has 1 aliphatic rings. The van der Waals surface area contributed by atoms with Gasteiger partial charge in [0, 0.05) is 35.5 Å². The molecule has 5 aromatic carbocycles. The summed E-state index contributed by atoms with van der Waals surface area (Å²) in [5.74, 6) is 1.15. The highest BCUT2D eigenvalue weighted by Crippen LogP contribution is 2.51. The summed E-state index contributed by atoms with van der Waals surface area (Å²) in [6.07, 6.45) is 0. The Hall–Kier alpha value is -5.36. The number of fused-ring (bicyclic) bond motifs is 4. The molecule has 0 aliphatic carbocycles.